The van der Waals surface area contributed by atoms with Crippen molar-refractivity contribution in [2.45, 2.75) is 23.9 Å². The van der Waals surface area contributed by atoms with E-state index >= 15 is 0 Å². The molecule has 0 aromatic heterocycles. The highest BCUT2D eigenvalue weighted by Gasteiger charge is 2.32. The van der Waals surface area contributed by atoms with Gasteiger partial charge in [-0.3, -0.25) is 0 Å². The van der Waals surface area contributed by atoms with Crippen molar-refractivity contribution < 1.29 is 31.4 Å². The van der Waals surface area contributed by atoms with Crippen molar-refractivity contribution in [2.24, 2.45) is 0 Å². The lowest BCUT2D eigenvalue weighted by atomic mass is 10.2. The Hall–Kier alpha value is -1.96. The number of hydrogen-bond acceptors (Lipinski definition) is 3. The van der Waals surface area contributed by atoms with E-state index in [-0.39, 0.29) is 5.75 Å². The van der Waals surface area contributed by atoms with Crippen molar-refractivity contribution in [1.82, 2.24) is 0 Å². The first-order valence-corrected chi connectivity index (χ1v) is 8.54. The van der Waals surface area contributed by atoms with E-state index in [4.69, 9.17) is 9.47 Å². The van der Waals surface area contributed by atoms with E-state index in [0.29, 0.717) is 10.6 Å². The zero-order valence-corrected chi connectivity index (χ0v) is 14.9. The summed E-state index contributed by atoms with van der Waals surface area (Å²) in [7, 11) is 1.53. The molecule has 0 atom stereocenters. The molecule has 0 radical (unpaired) electrons. The van der Waals surface area contributed by atoms with Crippen LogP contribution in [0.4, 0.5) is 22.0 Å². The minimum absolute atomic E-state index is 0.0389. The summed E-state index contributed by atoms with van der Waals surface area (Å²) in [6, 6.07) is 8.77. The maximum atomic E-state index is 14.0. The molecule has 26 heavy (non-hydrogen) atoms. The Bertz CT molecular complexity index is 729. The molecule has 0 N–H and O–H groups in total. The number of methoxy groups -OCH3 is 1. The number of aryl methyl sites for hydroxylation is 1. The summed E-state index contributed by atoms with van der Waals surface area (Å²) in [5.41, 5.74) is -0.0242. The van der Waals surface area contributed by atoms with Gasteiger partial charge in [0.15, 0.2) is 6.61 Å². The quantitative estimate of drug-likeness (QED) is 0.436. The average molecular weight is 392 g/mol. The SMILES string of the molecule is COc1ccc(SCC(F)(F)COc2ccc(C(F)(F)F)cc2)cc1C. The number of halogens is 5. The van der Waals surface area contributed by atoms with E-state index in [1.54, 1.807) is 18.2 Å². The van der Waals surface area contributed by atoms with Gasteiger partial charge in [0.05, 0.1) is 18.4 Å². The Morgan fingerprint density at radius 2 is 1.62 bits per heavy atom. The van der Waals surface area contributed by atoms with Crippen molar-refractivity contribution >= 4 is 11.8 Å². The smallest absolute Gasteiger partial charge is 0.416 e. The van der Waals surface area contributed by atoms with Crippen LogP contribution >= 0.6 is 11.8 Å². The van der Waals surface area contributed by atoms with Gasteiger partial charge in [0.1, 0.15) is 11.5 Å². The molecule has 8 heteroatoms. The van der Waals surface area contributed by atoms with Gasteiger partial charge in [-0.2, -0.15) is 13.2 Å². The topological polar surface area (TPSA) is 18.5 Å². The van der Waals surface area contributed by atoms with Crippen LogP contribution in [0.25, 0.3) is 0 Å². The second-order valence-corrected chi connectivity index (χ2v) is 6.64. The van der Waals surface area contributed by atoms with Crippen molar-refractivity contribution in [3.63, 3.8) is 0 Å². The third-order valence-corrected chi connectivity index (χ3v) is 4.60. The lowest BCUT2D eigenvalue weighted by Gasteiger charge is -2.17. The molecular weight excluding hydrogens is 375 g/mol. The monoisotopic (exact) mass is 392 g/mol. The Morgan fingerprint density at radius 1 is 0.962 bits per heavy atom. The Labute approximate surface area is 152 Å². The van der Waals surface area contributed by atoms with E-state index in [1.807, 2.05) is 6.92 Å². The highest BCUT2D eigenvalue weighted by molar-refractivity contribution is 7.99. The van der Waals surface area contributed by atoms with Crippen molar-refractivity contribution in [2.75, 3.05) is 19.5 Å². The lowest BCUT2D eigenvalue weighted by Crippen LogP contribution is -2.28. The van der Waals surface area contributed by atoms with Gasteiger partial charge < -0.3 is 9.47 Å². The molecule has 2 nitrogen and oxygen atoms in total. The molecule has 0 saturated carbocycles. The number of hydrogen-bond donors (Lipinski definition) is 0. The molecule has 0 fully saturated rings. The molecule has 142 valence electrons. The van der Waals surface area contributed by atoms with Crippen LogP contribution in [0.5, 0.6) is 11.5 Å². The molecule has 2 aromatic rings. The molecule has 0 aliphatic rings. The third kappa shape index (κ3) is 5.79. The van der Waals surface area contributed by atoms with Gasteiger partial charge in [-0.05, 0) is 55.0 Å². The first kappa shape index (κ1) is 20.4. The predicted molar refractivity (Wildman–Crippen MR) is 90.3 cm³/mol. The maximum Gasteiger partial charge on any atom is 0.416 e. The number of ether oxygens (including phenoxy) is 2. The predicted octanol–water partition coefficient (Wildman–Crippen LogP) is 5.83. The fourth-order valence-corrected chi connectivity index (χ4v) is 2.99. The molecule has 0 amide bonds. The zero-order valence-electron chi connectivity index (χ0n) is 14.1. The zero-order chi connectivity index (χ0) is 19.4. The maximum absolute atomic E-state index is 14.0. The van der Waals surface area contributed by atoms with Crippen LogP contribution in [0.2, 0.25) is 0 Å². The van der Waals surface area contributed by atoms with Crippen molar-refractivity contribution in [1.29, 1.82) is 0 Å². The molecule has 0 bridgehead atoms. The van der Waals surface area contributed by atoms with Gasteiger partial charge in [0.25, 0.3) is 5.92 Å². The molecule has 0 heterocycles. The lowest BCUT2D eigenvalue weighted by molar-refractivity contribution is -0.137. The number of alkyl halides is 5. The summed E-state index contributed by atoms with van der Waals surface area (Å²) in [6.45, 7) is 0.898. The fourth-order valence-electron chi connectivity index (χ4n) is 2.10. The van der Waals surface area contributed by atoms with Crippen molar-refractivity contribution in [3.8, 4) is 11.5 Å². The molecule has 0 unspecified atom stereocenters. The minimum atomic E-state index is -4.48. The average Bonchev–Trinajstić information content (AvgIpc) is 2.58. The number of thioether (sulfide) groups is 1. The molecule has 2 aromatic carbocycles. The largest absolute Gasteiger partial charge is 0.496 e. The van der Waals surface area contributed by atoms with Gasteiger partial charge in [-0.15, -0.1) is 11.8 Å². The minimum Gasteiger partial charge on any atom is -0.496 e. The van der Waals surface area contributed by atoms with Crippen LogP contribution in [0.3, 0.4) is 0 Å². The second kappa shape index (κ2) is 8.16. The Morgan fingerprint density at radius 3 is 2.15 bits per heavy atom. The Kier molecular flexibility index (Phi) is 6.39. The van der Waals surface area contributed by atoms with E-state index < -0.39 is 30.0 Å². The molecule has 0 spiro atoms. The summed E-state index contributed by atoms with van der Waals surface area (Å²) in [5.74, 6) is -3.02. The molecule has 2 rings (SSSR count). The summed E-state index contributed by atoms with van der Waals surface area (Å²) < 4.78 is 75.4. The van der Waals surface area contributed by atoms with Crippen molar-refractivity contribution in [3.05, 3.63) is 53.6 Å². The van der Waals surface area contributed by atoms with Crippen LogP contribution < -0.4 is 9.47 Å². The molecule has 0 saturated heterocycles. The molecular formula is C18H17F5O2S. The third-order valence-electron chi connectivity index (χ3n) is 3.45. The fraction of sp³-hybridized carbons (Fsp3) is 0.333. The van der Waals surface area contributed by atoms with E-state index in [2.05, 4.69) is 0 Å². The summed E-state index contributed by atoms with van der Waals surface area (Å²) in [6.07, 6.45) is -4.48. The van der Waals surface area contributed by atoms with E-state index in [1.165, 1.54) is 7.11 Å². The van der Waals surface area contributed by atoms with Crippen LogP contribution in [-0.2, 0) is 6.18 Å². The first-order chi connectivity index (χ1) is 12.1. The highest BCUT2D eigenvalue weighted by atomic mass is 32.2. The van der Waals surface area contributed by atoms with Crippen LogP contribution in [0.15, 0.2) is 47.4 Å². The number of benzene rings is 2. The van der Waals surface area contributed by atoms with Gasteiger partial charge >= 0.3 is 6.18 Å². The van der Waals surface area contributed by atoms with E-state index in [0.717, 1.165) is 41.6 Å². The summed E-state index contributed by atoms with van der Waals surface area (Å²) in [5, 5.41) is 0. The van der Waals surface area contributed by atoms with Crippen LogP contribution in [0, 0.1) is 6.92 Å². The van der Waals surface area contributed by atoms with Gasteiger partial charge in [0.2, 0.25) is 0 Å². The summed E-state index contributed by atoms with van der Waals surface area (Å²) in [4.78, 5) is 0.664. The van der Waals surface area contributed by atoms with Gasteiger partial charge in [-0.1, -0.05) is 0 Å². The Balaban J connectivity index is 1.89. The standard InChI is InChI=1S/C18H17F5O2S/c1-12-9-15(7-8-16(12)24-2)26-11-17(19,20)10-25-14-5-3-13(4-6-14)18(21,22)23/h3-9H,10-11H2,1-2H3. The van der Waals surface area contributed by atoms with E-state index in [9.17, 15) is 22.0 Å². The first-order valence-electron chi connectivity index (χ1n) is 7.56. The molecule has 0 aliphatic heterocycles. The van der Waals surface area contributed by atoms with Gasteiger partial charge in [0, 0.05) is 4.90 Å². The highest BCUT2D eigenvalue weighted by Crippen LogP contribution is 2.32. The van der Waals surface area contributed by atoms with Crippen LogP contribution in [0.1, 0.15) is 11.1 Å². The van der Waals surface area contributed by atoms with Gasteiger partial charge in [-0.25, -0.2) is 8.78 Å². The van der Waals surface area contributed by atoms with Crippen LogP contribution in [-0.4, -0.2) is 25.4 Å². The molecule has 0 aliphatic carbocycles. The normalized spacial score (nSPS) is 12.1. The number of rotatable bonds is 7. The summed E-state index contributed by atoms with van der Waals surface area (Å²) >= 11 is 0.967. The second-order valence-electron chi connectivity index (χ2n) is 5.59.